The van der Waals surface area contributed by atoms with E-state index in [2.05, 4.69) is 55.4 Å². The number of phosphoric acid groups is 2. The van der Waals surface area contributed by atoms with Crippen LogP contribution in [0.15, 0.2) is 0 Å². The molecule has 0 aliphatic rings. The predicted molar refractivity (Wildman–Crippen MR) is 395 cm³/mol. The molecule has 0 spiro atoms. The van der Waals surface area contributed by atoms with Gasteiger partial charge in [0, 0.05) is 25.7 Å². The van der Waals surface area contributed by atoms with Crippen molar-refractivity contribution in [2.24, 2.45) is 23.7 Å². The van der Waals surface area contributed by atoms with E-state index in [1.54, 1.807) is 0 Å². The van der Waals surface area contributed by atoms with Crippen molar-refractivity contribution in [1.29, 1.82) is 0 Å². The maximum Gasteiger partial charge on any atom is 0.472 e. The van der Waals surface area contributed by atoms with Crippen molar-refractivity contribution in [2.75, 3.05) is 39.6 Å². The fraction of sp³-hybridized carbons (Fsp3) is 0.949. The van der Waals surface area contributed by atoms with E-state index < -0.39 is 97.5 Å². The van der Waals surface area contributed by atoms with E-state index in [-0.39, 0.29) is 25.7 Å². The van der Waals surface area contributed by atoms with E-state index in [4.69, 9.17) is 37.0 Å². The van der Waals surface area contributed by atoms with Gasteiger partial charge in [0.25, 0.3) is 0 Å². The Morgan fingerprint density at radius 3 is 0.732 bits per heavy atom. The molecular weight excluding hydrogens is 1270 g/mol. The lowest BCUT2D eigenvalue weighted by Gasteiger charge is -2.21. The first-order valence-electron chi connectivity index (χ1n) is 40.3. The van der Waals surface area contributed by atoms with Crippen LogP contribution in [0.5, 0.6) is 0 Å². The Bertz CT molecular complexity index is 1910. The Morgan fingerprint density at radius 2 is 0.495 bits per heavy atom. The fourth-order valence-corrected chi connectivity index (χ4v) is 13.4. The van der Waals surface area contributed by atoms with Gasteiger partial charge < -0.3 is 33.8 Å². The molecule has 0 bridgehead atoms. The first-order valence-corrected chi connectivity index (χ1v) is 43.3. The summed E-state index contributed by atoms with van der Waals surface area (Å²) in [5.41, 5.74) is 0. The number of phosphoric ester groups is 2. The number of unbranched alkanes of at least 4 members (excludes halogenated alkanes) is 39. The maximum atomic E-state index is 13.1. The van der Waals surface area contributed by atoms with Crippen LogP contribution in [-0.2, 0) is 65.4 Å². The number of aliphatic hydroxyl groups is 1. The number of hydrogen-bond acceptors (Lipinski definition) is 15. The van der Waals surface area contributed by atoms with Gasteiger partial charge in [-0.05, 0) is 49.4 Å². The third-order valence-electron chi connectivity index (χ3n) is 18.8. The fourth-order valence-electron chi connectivity index (χ4n) is 11.8. The third kappa shape index (κ3) is 69.5. The summed E-state index contributed by atoms with van der Waals surface area (Å²) in [4.78, 5) is 72.8. The number of carbonyl (C=O) groups excluding carboxylic acids is 4. The highest BCUT2D eigenvalue weighted by molar-refractivity contribution is 7.47. The normalized spacial score (nSPS) is 14.6. The van der Waals surface area contributed by atoms with Crippen LogP contribution in [0.2, 0.25) is 0 Å². The Kier molecular flexibility index (Phi) is 65.9. The highest BCUT2D eigenvalue weighted by Gasteiger charge is 2.30. The zero-order chi connectivity index (χ0) is 71.7. The number of rotatable bonds is 75. The zero-order valence-electron chi connectivity index (χ0n) is 63.7. The van der Waals surface area contributed by atoms with E-state index in [0.717, 1.165) is 114 Å². The van der Waals surface area contributed by atoms with Crippen molar-refractivity contribution in [3.63, 3.8) is 0 Å². The second kappa shape index (κ2) is 67.2. The topological polar surface area (TPSA) is 237 Å². The minimum Gasteiger partial charge on any atom is -0.462 e. The van der Waals surface area contributed by atoms with Crippen LogP contribution in [0.1, 0.15) is 396 Å². The number of carbonyl (C=O) groups is 4. The Hall–Kier alpha value is -1.94. The molecule has 0 radical (unpaired) electrons. The third-order valence-corrected chi connectivity index (χ3v) is 20.7. The summed E-state index contributed by atoms with van der Waals surface area (Å²) >= 11 is 0. The van der Waals surface area contributed by atoms with Crippen molar-refractivity contribution < 1.29 is 80.2 Å². The van der Waals surface area contributed by atoms with Crippen LogP contribution in [0.4, 0.5) is 0 Å². The molecule has 97 heavy (non-hydrogen) atoms. The number of hydrogen-bond donors (Lipinski definition) is 3. The van der Waals surface area contributed by atoms with E-state index in [1.807, 2.05) is 0 Å². The van der Waals surface area contributed by atoms with Crippen molar-refractivity contribution in [3.05, 3.63) is 0 Å². The maximum absolute atomic E-state index is 13.1. The molecule has 0 amide bonds. The van der Waals surface area contributed by atoms with Crippen molar-refractivity contribution in [1.82, 2.24) is 0 Å². The van der Waals surface area contributed by atoms with Gasteiger partial charge >= 0.3 is 39.5 Å². The van der Waals surface area contributed by atoms with Gasteiger partial charge in [0.1, 0.15) is 19.3 Å². The summed E-state index contributed by atoms with van der Waals surface area (Å²) in [5, 5.41) is 10.6. The Morgan fingerprint density at radius 1 is 0.289 bits per heavy atom. The second-order valence-electron chi connectivity index (χ2n) is 29.5. The van der Waals surface area contributed by atoms with Gasteiger partial charge in [-0.25, -0.2) is 9.13 Å². The summed E-state index contributed by atoms with van der Waals surface area (Å²) in [5.74, 6) is 0.978. The molecular formula is C78H152O17P2. The lowest BCUT2D eigenvalue weighted by molar-refractivity contribution is -0.161. The van der Waals surface area contributed by atoms with Crippen LogP contribution in [-0.4, -0.2) is 96.7 Å². The molecule has 0 aromatic heterocycles. The molecule has 5 unspecified atom stereocenters. The van der Waals surface area contributed by atoms with Crippen molar-refractivity contribution in [2.45, 2.75) is 414 Å². The lowest BCUT2D eigenvalue weighted by atomic mass is 9.99. The standard InChI is InChI=1S/C78H152O17P2/c1-9-70(7)56-48-40-32-23-19-17-15-13-11-12-14-16-18-20-25-34-42-50-58-75(80)88-64-73(94-77(82)60-52-44-35-26-22-21-24-33-41-49-57-71(8)10-2)66-92-96(84,85)90-62-72(79)63-91-97(86,87)93-67-74(65-89-76(81)59-51-43-37-29-31-39-47-55-69(5)6)95-78(83)61-53-45-36-28-27-30-38-46-54-68(3)4/h68-74,79H,9-67H2,1-8H3,(H,84,85)(H,86,87)/t70?,71?,72?,73-,74-/m1/s1. The molecule has 0 saturated carbocycles. The van der Waals surface area contributed by atoms with Crippen LogP contribution < -0.4 is 0 Å². The average Bonchev–Trinajstić information content (AvgIpc) is 1.24. The molecule has 17 nitrogen and oxygen atoms in total. The molecule has 0 aliphatic heterocycles. The first-order chi connectivity index (χ1) is 46.7. The molecule has 0 rings (SSSR count). The van der Waals surface area contributed by atoms with Gasteiger partial charge in [-0.3, -0.25) is 37.3 Å². The quantitative estimate of drug-likeness (QED) is 0.0222. The molecule has 7 atom stereocenters. The van der Waals surface area contributed by atoms with E-state index >= 15 is 0 Å². The smallest absolute Gasteiger partial charge is 0.462 e. The summed E-state index contributed by atoms with van der Waals surface area (Å²) in [6.07, 6.45) is 52.9. The molecule has 0 aliphatic carbocycles. The van der Waals surface area contributed by atoms with E-state index in [1.165, 1.54) is 193 Å². The minimum atomic E-state index is -4.96. The molecule has 0 fully saturated rings. The van der Waals surface area contributed by atoms with Gasteiger partial charge in [0.05, 0.1) is 26.4 Å². The van der Waals surface area contributed by atoms with Gasteiger partial charge in [-0.1, -0.05) is 344 Å². The molecule has 0 aromatic carbocycles. The molecule has 0 aromatic rings. The molecule has 0 heterocycles. The minimum absolute atomic E-state index is 0.103. The Balaban J connectivity index is 5.18. The van der Waals surface area contributed by atoms with Crippen LogP contribution >= 0.6 is 15.6 Å². The van der Waals surface area contributed by atoms with Gasteiger partial charge in [-0.2, -0.15) is 0 Å². The Labute approximate surface area is 594 Å². The van der Waals surface area contributed by atoms with Gasteiger partial charge in [0.2, 0.25) is 0 Å². The van der Waals surface area contributed by atoms with E-state index in [0.29, 0.717) is 31.6 Å². The highest BCUT2D eigenvalue weighted by Crippen LogP contribution is 2.45. The van der Waals surface area contributed by atoms with Crippen LogP contribution in [0.3, 0.4) is 0 Å². The van der Waals surface area contributed by atoms with Gasteiger partial charge in [-0.15, -0.1) is 0 Å². The number of aliphatic hydroxyl groups excluding tert-OH is 1. The highest BCUT2D eigenvalue weighted by atomic mass is 31.2. The second-order valence-corrected chi connectivity index (χ2v) is 32.4. The van der Waals surface area contributed by atoms with Crippen molar-refractivity contribution >= 4 is 39.5 Å². The SMILES string of the molecule is CCC(C)CCCCCCCCCCCCCCCCCCCCC(=O)OC[C@H](COP(=O)(O)OCC(O)COP(=O)(O)OC[C@@H](COC(=O)CCCCCCCCCC(C)C)OC(=O)CCCCCCCCCCC(C)C)OC(=O)CCCCCCCCCCCCC(C)CC. The monoisotopic (exact) mass is 1420 g/mol. The molecule has 19 heteroatoms. The van der Waals surface area contributed by atoms with E-state index in [9.17, 15) is 43.2 Å². The molecule has 0 saturated heterocycles. The number of esters is 4. The zero-order valence-corrected chi connectivity index (χ0v) is 65.5. The summed E-state index contributed by atoms with van der Waals surface area (Å²) < 4.78 is 68.5. The largest absolute Gasteiger partial charge is 0.472 e. The summed E-state index contributed by atoms with van der Waals surface area (Å²) in [6.45, 7) is 14.2. The average molecular weight is 1420 g/mol. The van der Waals surface area contributed by atoms with Gasteiger partial charge in [0.15, 0.2) is 12.2 Å². The molecule has 3 N–H and O–H groups in total. The first kappa shape index (κ1) is 95.1. The summed E-state index contributed by atoms with van der Waals surface area (Å²) in [6, 6.07) is 0. The summed E-state index contributed by atoms with van der Waals surface area (Å²) in [7, 11) is -9.91. The molecule has 576 valence electrons. The number of ether oxygens (including phenoxy) is 4. The van der Waals surface area contributed by atoms with Crippen molar-refractivity contribution in [3.8, 4) is 0 Å². The predicted octanol–water partition coefficient (Wildman–Crippen LogP) is 22.8. The van der Waals surface area contributed by atoms with Crippen LogP contribution in [0, 0.1) is 23.7 Å². The van der Waals surface area contributed by atoms with Crippen LogP contribution in [0.25, 0.3) is 0 Å². The lowest BCUT2D eigenvalue weighted by Crippen LogP contribution is -2.30.